The molecule has 1 N–H and O–H groups in total. The standard InChI is InChI=1S/C16H24N2O/c1-13-6-7-14(2)15(12-13)4-3-5-16(19)18-10-8-17-9-11-18/h6-7,12,17H,3-5,8-11H2,1-2H3. The number of piperazine rings is 1. The van der Waals surface area contributed by atoms with E-state index < -0.39 is 0 Å². The van der Waals surface area contributed by atoms with Gasteiger partial charge in [-0.3, -0.25) is 4.79 Å². The third kappa shape index (κ3) is 4.06. The smallest absolute Gasteiger partial charge is 0.222 e. The van der Waals surface area contributed by atoms with Crippen molar-refractivity contribution in [3.05, 3.63) is 34.9 Å². The molecule has 1 heterocycles. The van der Waals surface area contributed by atoms with Crippen LogP contribution >= 0.6 is 0 Å². The van der Waals surface area contributed by atoms with Crippen LogP contribution in [0.4, 0.5) is 0 Å². The number of benzene rings is 1. The lowest BCUT2D eigenvalue weighted by Crippen LogP contribution is -2.46. The first-order chi connectivity index (χ1) is 9.16. The van der Waals surface area contributed by atoms with Gasteiger partial charge in [-0.2, -0.15) is 0 Å². The van der Waals surface area contributed by atoms with Crippen molar-refractivity contribution in [3.63, 3.8) is 0 Å². The maximum Gasteiger partial charge on any atom is 0.222 e. The first kappa shape index (κ1) is 14.1. The summed E-state index contributed by atoms with van der Waals surface area (Å²) in [5.74, 6) is 0.312. The van der Waals surface area contributed by atoms with Crippen molar-refractivity contribution in [1.82, 2.24) is 10.2 Å². The van der Waals surface area contributed by atoms with Crippen LogP contribution < -0.4 is 5.32 Å². The Morgan fingerprint density at radius 2 is 2.00 bits per heavy atom. The number of carbonyl (C=O) groups is 1. The largest absolute Gasteiger partial charge is 0.340 e. The molecule has 3 heteroatoms. The minimum atomic E-state index is 0.312. The van der Waals surface area contributed by atoms with Gasteiger partial charge in [0, 0.05) is 32.6 Å². The van der Waals surface area contributed by atoms with Crippen molar-refractivity contribution in [2.24, 2.45) is 0 Å². The number of amides is 1. The van der Waals surface area contributed by atoms with Gasteiger partial charge in [0.2, 0.25) is 5.91 Å². The molecule has 1 amide bonds. The molecule has 0 atom stereocenters. The fraction of sp³-hybridized carbons (Fsp3) is 0.562. The highest BCUT2D eigenvalue weighted by Crippen LogP contribution is 2.14. The van der Waals surface area contributed by atoms with Crippen molar-refractivity contribution in [3.8, 4) is 0 Å². The van der Waals surface area contributed by atoms with Crippen LogP contribution in [-0.4, -0.2) is 37.0 Å². The maximum atomic E-state index is 12.0. The van der Waals surface area contributed by atoms with Crippen LogP contribution in [0.5, 0.6) is 0 Å². The van der Waals surface area contributed by atoms with E-state index >= 15 is 0 Å². The summed E-state index contributed by atoms with van der Waals surface area (Å²) in [6, 6.07) is 6.55. The van der Waals surface area contributed by atoms with Gasteiger partial charge in [-0.25, -0.2) is 0 Å². The van der Waals surface area contributed by atoms with Crippen LogP contribution in [0.25, 0.3) is 0 Å². The van der Waals surface area contributed by atoms with Gasteiger partial charge in [0.25, 0.3) is 0 Å². The summed E-state index contributed by atoms with van der Waals surface area (Å²) in [6.07, 6.45) is 2.63. The van der Waals surface area contributed by atoms with Crippen LogP contribution in [0.1, 0.15) is 29.5 Å². The van der Waals surface area contributed by atoms with E-state index in [1.807, 2.05) is 4.90 Å². The Hall–Kier alpha value is -1.35. The Labute approximate surface area is 116 Å². The zero-order chi connectivity index (χ0) is 13.7. The predicted molar refractivity (Wildman–Crippen MR) is 78.3 cm³/mol. The quantitative estimate of drug-likeness (QED) is 0.898. The van der Waals surface area contributed by atoms with E-state index in [9.17, 15) is 4.79 Å². The molecular weight excluding hydrogens is 236 g/mol. The lowest BCUT2D eigenvalue weighted by atomic mass is 10.0. The summed E-state index contributed by atoms with van der Waals surface area (Å²) in [6.45, 7) is 7.86. The number of hydrogen-bond donors (Lipinski definition) is 1. The number of nitrogens with one attached hydrogen (secondary N) is 1. The zero-order valence-corrected chi connectivity index (χ0v) is 12.0. The second-order valence-electron chi connectivity index (χ2n) is 5.41. The first-order valence-corrected chi connectivity index (χ1v) is 7.21. The van der Waals surface area contributed by atoms with Crippen LogP contribution in [0.3, 0.4) is 0 Å². The van der Waals surface area contributed by atoms with Gasteiger partial charge < -0.3 is 10.2 Å². The van der Waals surface area contributed by atoms with Crippen molar-refractivity contribution >= 4 is 5.91 Å². The van der Waals surface area contributed by atoms with E-state index in [4.69, 9.17) is 0 Å². The molecule has 2 rings (SSSR count). The Morgan fingerprint density at radius 1 is 1.26 bits per heavy atom. The second kappa shape index (κ2) is 6.71. The summed E-state index contributed by atoms with van der Waals surface area (Å²) in [5.41, 5.74) is 4.02. The summed E-state index contributed by atoms with van der Waals surface area (Å²) in [4.78, 5) is 14.0. The van der Waals surface area contributed by atoms with Crippen LogP contribution in [-0.2, 0) is 11.2 Å². The molecule has 0 aliphatic carbocycles. The molecule has 0 aromatic heterocycles. The zero-order valence-electron chi connectivity index (χ0n) is 12.0. The Bertz CT molecular complexity index is 436. The van der Waals surface area contributed by atoms with E-state index in [1.165, 1.54) is 16.7 Å². The molecule has 1 fully saturated rings. The summed E-state index contributed by atoms with van der Waals surface area (Å²) in [7, 11) is 0. The molecule has 0 spiro atoms. The summed E-state index contributed by atoms with van der Waals surface area (Å²) in [5, 5.41) is 3.27. The molecule has 0 radical (unpaired) electrons. The number of carbonyl (C=O) groups excluding carboxylic acids is 1. The van der Waals surface area contributed by atoms with Gasteiger partial charge in [-0.1, -0.05) is 23.8 Å². The van der Waals surface area contributed by atoms with Crippen LogP contribution in [0.15, 0.2) is 18.2 Å². The van der Waals surface area contributed by atoms with Crippen molar-refractivity contribution in [2.75, 3.05) is 26.2 Å². The molecule has 1 aromatic rings. The van der Waals surface area contributed by atoms with E-state index in [0.717, 1.165) is 39.0 Å². The molecule has 1 aromatic carbocycles. The Balaban J connectivity index is 1.79. The molecule has 1 aliphatic heterocycles. The first-order valence-electron chi connectivity index (χ1n) is 7.21. The van der Waals surface area contributed by atoms with Gasteiger partial charge >= 0.3 is 0 Å². The second-order valence-corrected chi connectivity index (χ2v) is 5.41. The molecule has 0 bridgehead atoms. The lowest BCUT2D eigenvalue weighted by molar-refractivity contribution is -0.131. The fourth-order valence-electron chi connectivity index (χ4n) is 2.57. The Morgan fingerprint density at radius 3 is 2.74 bits per heavy atom. The highest BCUT2D eigenvalue weighted by Gasteiger charge is 2.15. The van der Waals surface area contributed by atoms with Crippen molar-refractivity contribution < 1.29 is 4.79 Å². The topological polar surface area (TPSA) is 32.3 Å². The molecule has 0 saturated carbocycles. The molecule has 1 aliphatic rings. The van der Waals surface area contributed by atoms with Crippen LogP contribution in [0, 0.1) is 13.8 Å². The van der Waals surface area contributed by atoms with E-state index in [0.29, 0.717) is 12.3 Å². The molecule has 3 nitrogen and oxygen atoms in total. The SMILES string of the molecule is Cc1ccc(C)c(CCCC(=O)N2CCNCC2)c1. The van der Waals surface area contributed by atoms with Gasteiger partial charge in [-0.05, 0) is 37.8 Å². The maximum absolute atomic E-state index is 12.0. The van der Waals surface area contributed by atoms with E-state index in [1.54, 1.807) is 0 Å². The highest BCUT2D eigenvalue weighted by atomic mass is 16.2. The van der Waals surface area contributed by atoms with Crippen molar-refractivity contribution in [1.29, 1.82) is 0 Å². The van der Waals surface area contributed by atoms with Gasteiger partial charge in [0.05, 0.1) is 0 Å². The summed E-state index contributed by atoms with van der Waals surface area (Å²) >= 11 is 0. The average Bonchev–Trinajstić information content (AvgIpc) is 2.43. The molecule has 19 heavy (non-hydrogen) atoms. The third-order valence-corrected chi connectivity index (χ3v) is 3.81. The minimum Gasteiger partial charge on any atom is -0.340 e. The highest BCUT2D eigenvalue weighted by molar-refractivity contribution is 5.76. The Kier molecular flexibility index (Phi) is 4.97. The predicted octanol–water partition coefficient (Wildman–Crippen LogP) is 2.06. The molecule has 104 valence electrons. The van der Waals surface area contributed by atoms with E-state index in [2.05, 4.69) is 37.4 Å². The molecular formula is C16H24N2O. The molecule has 0 unspecified atom stereocenters. The fourth-order valence-corrected chi connectivity index (χ4v) is 2.57. The number of aryl methyl sites for hydroxylation is 3. The molecule has 1 saturated heterocycles. The number of rotatable bonds is 4. The normalized spacial score (nSPS) is 15.6. The lowest BCUT2D eigenvalue weighted by Gasteiger charge is -2.27. The van der Waals surface area contributed by atoms with E-state index in [-0.39, 0.29) is 0 Å². The number of hydrogen-bond acceptors (Lipinski definition) is 2. The number of nitrogens with zero attached hydrogens (tertiary/aromatic N) is 1. The summed E-state index contributed by atoms with van der Waals surface area (Å²) < 4.78 is 0. The van der Waals surface area contributed by atoms with Gasteiger partial charge in [0.1, 0.15) is 0 Å². The average molecular weight is 260 g/mol. The monoisotopic (exact) mass is 260 g/mol. The van der Waals surface area contributed by atoms with Gasteiger partial charge in [-0.15, -0.1) is 0 Å². The van der Waals surface area contributed by atoms with Gasteiger partial charge in [0.15, 0.2) is 0 Å². The van der Waals surface area contributed by atoms with Crippen molar-refractivity contribution in [2.45, 2.75) is 33.1 Å². The third-order valence-electron chi connectivity index (χ3n) is 3.81. The minimum absolute atomic E-state index is 0.312. The van der Waals surface area contributed by atoms with Crippen LogP contribution in [0.2, 0.25) is 0 Å².